The number of Topliss-reactive ketones (excluding diaryl/α,β-unsaturated/α-hetero) is 2. The van der Waals surface area contributed by atoms with Gasteiger partial charge in [0, 0.05) is 0 Å². The highest BCUT2D eigenvalue weighted by atomic mass is 16.5. The van der Waals surface area contributed by atoms with Crippen LogP contribution in [0.4, 0.5) is 0 Å². The molecular formula is C9H12O6. The number of carbonyl (C=O) groups excluding carboxylic acids is 4. The molecule has 0 bridgehead atoms. The number of esters is 2. The number of hydrogen-bond acceptors (Lipinski definition) is 6. The Morgan fingerprint density at radius 2 is 1.07 bits per heavy atom. The highest BCUT2D eigenvalue weighted by Gasteiger charge is 2.57. The Bertz CT molecular complexity index is 285. The van der Waals surface area contributed by atoms with Gasteiger partial charge in [-0.3, -0.25) is 9.59 Å². The van der Waals surface area contributed by atoms with Gasteiger partial charge in [-0.1, -0.05) is 0 Å². The zero-order chi connectivity index (χ0) is 12.2. The predicted octanol–water partition coefficient (Wildman–Crippen LogP) is -0.503. The van der Waals surface area contributed by atoms with Crippen molar-refractivity contribution in [3.8, 4) is 0 Å². The Morgan fingerprint density at radius 3 is 1.20 bits per heavy atom. The van der Waals surface area contributed by atoms with E-state index in [1.54, 1.807) is 0 Å². The summed E-state index contributed by atoms with van der Waals surface area (Å²) in [6.07, 6.45) is 0. The normalized spacial score (nSPS) is 10.4. The Balaban J connectivity index is 5.70. The Morgan fingerprint density at radius 1 is 0.800 bits per heavy atom. The van der Waals surface area contributed by atoms with Crippen LogP contribution in [0.5, 0.6) is 0 Å². The fraction of sp³-hybridized carbons (Fsp3) is 0.556. The molecule has 6 nitrogen and oxygen atoms in total. The summed E-state index contributed by atoms with van der Waals surface area (Å²) in [4.78, 5) is 45.3. The molecule has 0 aromatic carbocycles. The first-order valence-corrected chi connectivity index (χ1v) is 4.04. The highest BCUT2D eigenvalue weighted by molar-refractivity contribution is 6.35. The number of rotatable bonds is 4. The molecule has 0 unspecified atom stereocenters. The molecule has 0 aromatic heterocycles. The van der Waals surface area contributed by atoms with Gasteiger partial charge in [0.25, 0.3) is 5.41 Å². The van der Waals surface area contributed by atoms with Crippen LogP contribution < -0.4 is 0 Å². The van der Waals surface area contributed by atoms with Crippen molar-refractivity contribution in [2.45, 2.75) is 13.8 Å². The molecule has 0 aromatic rings. The number of ether oxygens (including phenoxy) is 2. The summed E-state index contributed by atoms with van der Waals surface area (Å²) in [5, 5.41) is 0. The number of hydrogen-bond donors (Lipinski definition) is 0. The van der Waals surface area contributed by atoms with Crippen molar-refractivity contribution >= 4 is 23.5 Å². The smallest absolute Gasteiger partial charge is 0.338 e. The fourth-order valence-electron chi connectivity index (χ4n) is 1.21. The second kappa shape index (κ2) is 4.68. The molecular weight excluding hydrogens is 204 g/mol. The average molecular weight is 216 g/mol. The second-order valence-corrected chi connectivity index (χ2v) is 2.85. The van der Waals surface area contributed by atoms with Crippen LogP contribution in [0.1, 0.15) is 13.8 Å². The maximum absolute atomic E-state index is 11.4. The summed E-state index contributed by atoms with van der Waals surface area (Å²) in [6, 6.07) is 0. The minimum absolute atomic E-state index is 0.922. The van der Waals surface area contributed by atoms with E-state index >= 15 is 0 Å². The Hall–Kier alpha value is -1.72. The summed E-state index contributed by atoms with van der Waals surface area (Å²) in [7, 11) is 1.96. The summed E-state index contributed by atoms with van der Waals surface area (Å²) in [5.41, 5.74) is -2.48. The molecule has 0 aliphatic carbocycles. The zero-order valence-electron chi connectivity index (χ0n) is 8.95. The van der Waals surface area contributed by atoms with Crippen molar-refractivity contribution < 1.29 is 28.7 Å². The number of carbonyl (C=O) groups is 4. The molecule has 0 atom stereocenters. The Kier molecular flexibility index (Phi) is 4.14. The molecule has 0 amide bonds. The van der Waals surface area contributed by atoms with Gasteiger partial charge in [0.05, 0.1) is 14.2 Å². The molecule has 0 N–H and O–H groups in total. The van der Waals surface area contributed by atoms with Gasteiger partial charge in [-0.2, -0.15) is 0 Å². The van der Waals surface area contributed by atoms with Gasteiger partial charge in [-0.15, -0.1) is 0 Å². The minimum Gasteiger partial charge on any atom is -0.467 e. The summed E-state index contributed by atoms with van der Waals surface area (Å²) in [5.74, 6) is -4.30. The minimum atomic E-state index is -2.48. The van der Waals surface area contributed by atoms with E-state index < -0.39 is 28.9 Å². The van der Waals surface area contributed by atoms with Crippen molar-refractivity contribution in [1.29, 1.82) is 0 Å². The quantitative estimate of drug-likeness (QED) is 0.465. The van der Waals surface area contributed by atoms with Gasteiger partial charge >= 0.3 is 11.9 Å². The van der Waals surface area contributed by atoms with Crippen LogP contribution >= 0.6 is 0 Å². The van der Waals surface area contributed by atoms with Gasteiger partial charge < -0.3 is 9.47 Å². The molecule has 0 aliphatic rings. The van der Waals surface area contributed by atoms with Crippen LogP contribution in [0.15, 0.2) is 0 Å². The van der Waals surface area contributed by atoms with Crippen LogP contribution in [0.25, 0.3) is 0 Å². The second-order valence-electron chi connectivity index (χ2n) is 2.85. The van der Waals surface area contributed by atoms with E-state index in [-0.39, 0.29) is 0 Å². The molecule has 0 aliphatic heterocycles. The third kappa shape index (κ3) is 1.88. The van der Waals surface area contributed by atoms with Crippen LogP contribution in [0, 0.1) is 5.41 Å². The lowest BCUT2D eigenvalue weighted by atomic mass is 9.80. The van der Waals surface area contributed by atoms with Gasteiger partial charge in [0.15, 0.2) is 11.6 Å². The van der Waals surface area contributed by atoms with Crippen molar-refractivity contribution in [3.63, 3.8) is 0 Å². The first kappa shape index (κ1) is 13.3. The van der Waals surface area contributed by atoms with Crippen molar-refractivity contribution in [1.82, 2.24) is 0 Å². The van der Waals surface area contributed by atoms with Gasteiger partial charge in [-0.05, 0) is 13.8 Å². The monoisotopic (exact) mass is 216 g/mol. The maximum atomic E-state index is 11.4. The maximum Gasteiger partial charge on any atom is 0.338 e. The molecule has 6 heteroatoms. The molecule has 0 spiro atoms. The first-order valence-electron chi connectivity index (χ1n) is 4.04. The topological polar surface area (TPSA) is 86.7 Å². The van der Waals surface area contributed by atoms with Crippen LogP contribution in [-0.4, -0.2) is 37.7 Å². The van der Waals surface area contributed by atoms with E-state index in [2.05, 4.69) is 9.47 Å². The molecule has 15 heavy (non-hydrogen) atoms. The van der Waals surface area contributed by atoms with E-state index in [1.807, 2.05) is 0 Å². The van der Waals surface area contributed by atoms with Crippen molar-refractivity contribution in [3.05, 3.63) is 0 Å². The molecule has 0 saturated heterocycles. The molecule has 0 saturated carbocycles. The average Bonchev–Trinajstić information content (AvgIpc) is 2.16. The zero-order valence-corrected chi connectivity index (χ0v) is 8.95. The summed E-state index contributed by atoms with van der Waals surface area (Å²) < 4.78 is 8.56. The third-order valence-corrected chi connectivity index (χ3v) is 2.04. The van der Waals surface area contributed by atoms with E-state index in [9.17, 15) is 19.2 Å². The molecule has 0 rings (SSSR count). The SMILES string of the molecule is COC(=O)C(C(C)=O)(C(C)=O)C(=O)OC. The Labute approximate surface area is 86.5 Å². The standard InChI is InChI=1S/C9H12O6/c1-5(10)9(6(2)11,7(12)14-3)8(13)15-4/h1-4H3. The molecule has 84 valence electrons. The van der Waals surface area contributed by atoms with Crippen LogP contribution in [0.3, 0.4) is 0 Å². The van der Waals surface area contributed by atoms with Gasteiger partial charge in [0.2, 0.25) is 0 Å². The van der Waals surface area contributed by atoms with Crippen LogP contribution in [0.2, 0.25) is 0 Å². The van der Waals surface area contributed by atoms with E-state index in [4.69, 9.17) is 0 Å². The molecule has 0 radical (unpaired) electrons. The lowest BCUT2D eigenvalue weighted by molar-refractivity contribution is -0.173. The van der Waals surface area contributed by atoms with Crippen LogP contribution in [-0.2, 0) is 28.7 Å². The molecule has 0 fully saturated rings. The van der Waals surface area contributed by atoms with E-state index in [1.165, 1.54) is 0 Å². The first-order chi connectivity index (χ1) is 6.85. The summed E-state index contributed by atoms with van der Waals surface area (Å²) in [6.45, 7) is 1.91. The van der Waals surface area contributed by atoms with E-state index in [0.717, 1.165) is 28.1 Å². The fourth-order valence-corrected chi connectivity index (χ4v) is 1.21. The third-order valence-electron chi connectivity index (χ3n) is 2.04. The predicted molar refractivity (Wildman–Crippen MR) is 47.8 cm³/mol. The van der Waals surface area contributed by atoms with Crippen molar-refractivity contribution in [2.75, 3.05) is 14.2 Å². The van der Waals surface area contributed by atoms with Crippen molar-refractivity contribution in [2.24, 2.45) is 5.41 Å². The van der Waals surface area contributed by atoms with E-state index in [0.29, 0.717) is 0 Å². The summed E-state index contributed by atoms with van der Waals surface area (Å²) >= 11 is 0. The lowest BCUT2D eigenvalue weighted by Gasteiger charge is -2.22. The van der Waals surface area contributed by atoms with Gasteiger partial charge in [-0.25, -0.2) is 9.59 Å². The largest absolute Gasteiger partial charge is 0.467 e. The number of ketones is 2. The number of methoxy groups -OCH3 is 2. The van der Waals surface area contributed by atoms with Gasteiger partial charge in [0.1, 0.15) is 0 Å². The molecule has 0 heterocycles. The highest BCUT2D eigenvalue weighted by Crippen LogP contribution is 2.24. The lowest BCUT2D eigenvalue weighted by Crippen LogP contribution is -2.52.